The fraction of sp³-hybridized carbons (Fsp3) is 0.406. The molecule has 202 valence electrons. The molecule has 0 bridgehead atoms. The van der Waals surface area contributed by atoms with Gasteiger partial charge in [-0.25, -0.2) is 4.79 Å². The maximum Gasteiger partial charge on any atom is 0.337 e. The normalized spacial score (nSPS) is 17.7. The standard InChI is InChI=1S/C32H35N3O4/c1-21(36)33-14-16-34(17-15-33)31(37)25-18-23-10-6-7-11-26(23)30-29(22-8-4-3-5-9-22)27-13-12-24(32(38)39-2)19-28(27)35(30)20-25/h6-7,10-13,18-19,22H,3-5,8-9,14-17,20H2,1-2H3. The van der Waals surface area contributed by atoms with E-state index in [2.05, 4.69) is 28.8 Å². The van der Waals surface area contributed by atoms with Gasteiger partial charge in [0.1, 0.15) is 0 Å². The molecule has 3 heterocycles. The van der Waals surface area contributed by atoms with Crippen molar-refractivity contribution in [2.24, 2.45) is 0 Å². The van der Waals surface area contributed by atoms with Gasteiger partial charge in [-0.2, -0.15) is 0 Å². The van der Waals surface area contributed by atoms with Crippen molar-refractivity contribution in [3.63, 3.8) is 0 Å². The number of piperazine rings is 1. The Morgan fingerprint density at radius 3 is 2.33 bits per heavy atom. The van der Waals surface area contributed by atoms with Crippen LogP contribution in [0, 0.1) is 0 Å². The van der Waals surface area contributed by atoms with Crippen LogP contribution in [0.4, 0.5) is 0 Å². The average molecular weight is 526 g/mol. The van der Waals surface area contributed by atoms with E-state index in [9.17, 15) is 14.4 Å². The smallest absolute Gasteiger partial charge is 0.337 e. The SMILES string of the molecule is COC(=O)c1ccc2c(C3CCCCC3)c3n(c2c1)CC(C(=O)N1CCN(C(C)=O)CC1)=Cc1ccccc1-3. The van der Waals surface area contributed by atoms with Crippen molar-refractivity contribution in [3.8, 4) is 11.3 Å². The molecule has 3 aliphatic rings. The fourth-order valence-electron chi connectivity index (χ4n) is 6.68. The van der Waals surface area contributed by atoms with Gasteiger partial charge < -0.3 is 19.1 Å². The maximum absolute atomic E-state index is 13.9. The van der Waals surface area contributed by atoms with Crippen molar-refractivity contribution >= 4 is 34.8 Å². The highest BCUT2D eigenvalue weighted by Crippen LogP contribution is 2.46. The van der Waals surface area contributed by atoms with E-state index in [-0.39, 0.29) is 17.8 Å². The largest absolute Gasteiger partial charge is 0.465 e. The van der Waals surface area contributed by atoms with Crippen LogP contribution >= 0.6 is 0 Å². The number of hydrogen-bond acceptors (Lipinski definition) is 4. The molecule has 2 amide bonds. The average Bonchev–Trinajstić information content (AvgIpc) is 3.19. The first-order valence-electron chi connectivity index (χ1n) is 14.1. The summed E-state index contributed by atoms with van der Waals surface area (Å²) in [5, 5.41) is 1.16. The number of amides is 2. The van der Waals surface area contributed by atoms with Crippen LogP contribution in [0.3, 0.4) is 0 Å². The van der Waals surface area contributed by atoms with Crippen molar-refractivity contribution in [3.05, 3.63) is 64.7 Å². The number of carbonyl (C=O) groups is 3. The minimum Gasteiger partial charge on any atom is -0.465 e. The fourth-order valence-corrected chi connectivity index (χ4v) is 6.68. The molecule has 2 aromatic carbocycles. The highest BCUT2D eigenvalue weighted by molar-refractivity contribution is 6.03. The number of ether oxygens (including phenoxy) is 1. The Kier molecular flexibility index (Phi) is 6.75. The number of aromatic nitrogens is 1. The first-order valence-corrected chi connectivity index (χ1v) is 14.1. The van der Waals surface area contributed by atoms with E-state index in [4.69, 9.17) is 4.74 Å². The van der Waals surface area contributed by atoms with Crippen molar-refractivity contribution in [2.75, 3.05) is 33.3 Å². The van der Waals surface area contributed by atoms with Gasteiger partial charge in [-0.3, -0.25) is 9.59 Å². The summed E-state index contributed by atoms with van der Waals surface area (Å²) in [7, 11) is 1.40. The highest BCUT2D eigenvalue weighted by atomic mass is 16.5. The first kappa shape index (κ1) is 25.4. The Bertz CT molecular complexity index is 1490. The zero-order valence-electron chi connectivity index (χ0n) is 22.7. The molecule has 0 unspecified atom stereocenters. The molecule has 1 aliphatic carbocycles. The van der Waals surface area contributed by atoms with E-state index in [0.29, 0.717) is 49.8 Å². The summed E-state index contributed by atoms with van der Waals surface area (Å²) in [6.07, 6.45) is 8.03. The van der Waals surface area contributed by atoms with Gasteiger partial charge in [-0.05, 0) is 48.1 Å². The Labute approximate surface area is 229 Å². The molecule has 1 saturated carbocycles. The van der Waals surface area contributed by atoms with E-state index in [1.807, 2.05) is 29.2 Å². The van der Waals surface area contributed by atoms with E-state index >= 15 is 0 Å². The molecule has 39 heavy (non-hydrogen) atoms. The van der Waals surface area contributed by atoms with Crippen molar-refractivity contribution in [2.45, 2.75) is 51.5 Å². The Balaban J connectivity index is 1.50. The van der Waals surface area contributed by atoms with Gasteiger partial charge in [-0.15, -0.1) is 0 Å². The van der Waals surface area contributed by atoms with Gasteiger partial charge in [0, 0.05) is 55.1 Å². The second-order valence-corrected chi connectivity index (χ2v) is 11.0. The number of esters is 1. The molecule has 2 fully saturated rings. The first-order chi connectivity index (χ1) is 19.0. The summed E-state index contributed by atoms with van der Waals surface area (Å²) in [5.74, 6) is 0.123. The number of hydrogen-bond donors (Lipinski definition) is 0. The van der Waals surface area contributed by atoms with Gasteiger partial charge in [0.25, 0.3) is 5.91 Å². The predicted octanol–water partition coefficient (Wildman–Crippen LogP) is 5.23. The van der Waals surface area contributed by atoms with E-state index in [1.54, 1.807) is 11.8 Å². The van der Waals surface area contributed by atoms with Gasteiger partial charge in [-0.1, -0.05) is 49.6 Å². The lowest BCUT2D eigenvalue weighted by Crippen LogP contribution is -2.50. The van der Waals surface area contributed by atoms with Crippen LogP contribution in [0.25, 0.3) is 28.2 Å². The van der Waals surface area contributed by atoms with Gasteiger partial charge >= 0.3 is 5.97 Å². The van der Waals surface area contributed by atoms with Gasteiger partial charge in [0.15, 0.2) is 0 Å². The number of benzene rings is 2. The van der Waals surface area contributed by atoms with Gasteiger partial charge in [0.2, 0.25) is 5.91 Å². The summed E-state index contributed by atoms with van der Waals surface area (Å²) in [6, 6.07) is 14.2. The van der Waals surface area contributed by atoms with Crippen LogP contribution in [0.5, 0.6) is 0 Å². The number of methoxy groups -OCH3 is 1. The minimum atomic E-state index is -0.365. The molecule has 0 spiro atoms. The second-order valence-electron chi connectivity index (χ2n) is 11.0. The third-order valence-corrected chi connectivity index (χ3v) is 8.70. The summed E-state index contributed by atoms with van der Waals surface area (Å²) < 4.78 is 7.31. The van der Waals surface area contributed by atoms with Crippen LogP contribution in [0.15, 0.2) is 48.0 Å². The van der Waals surface area contributed by atoms with E-state index < -0.39 is 0 Å². The maximum atomic E-state index is 13.9. The summed E-state index contributed by atoms with van der Waals surface area (Å²) in [6.45, 7) is 4.15. The van der Waals surface area contributed by atoms with Crippen molar-refractivity contribution < 1.29 is 19.1 Å². The van der Waals surface area contributed by atoms with E-state index in [1.165, 1.54) is 31.9 Å². The molecule has 2 aliphatic heterocycles. The van der Waals surface area contributed by atoms with Crippen LogP contribution in [-0.2, 0) is 20.9 Å². The molecule has 3 aromatic rings. The predicted molar refractivity (Wildman–Crippen MR) is 151 cm³/mol. The number of carbonyl (C=O) groups excluding carboxylic acids is 3. The summed E-state index contributed by atoms with van der Waals surface area (Å²) in [5.41, 5.74) is 6.85. The van der Waals surface area contributed by atoms with Crippen molar-refractivity contribution in [1.82, 2.24) is 14.4 Å². The monoisotopic (exact) mass is 525 g/mol. The Morgan fingerprint density at radius 2 is 1.62 bits per heavy atom. The molecule has 0 radical (unpaired) electrons. The Hall–Kier alpha value is -3.87. The molecule has 1 saturated heterocycles. The molecule has 0 atom stereocenters. The third kappa shape index (κ3) is 4.54. The summed E-state index contributed by atoms with van der Waals surface area (Å²) >= 11 is 0. The lowest BCUT2D eigenvalue weighted by molar-refractivity contribution is -0.136. The summed E-state index contributed by atoms with van der Waals surface area (Å²) in [4.78, 5) is 41.9. The number of nitrogens with zero attached hydrogens (tertiary/aromatic N) is 3. The van der Waals surface area contributed by atoms with Crippen LogP contribution < -0.4 is 0 Å². The van der Waals surface area contributed by atoms with Crippen LogP contribution in [-0.4, -0.2) is 65.4 Å². The van der Waals surface area contributed by atoms with Crippen LogP contribution in [0.1, 0.15) is 66.4 Å². The zero-order valence-corrected chi connectivity index (χ0v) is 22.7. The molecule has 7 nitrogen and oxygen atoms in total. The minimum absolute atomic E-state index is 0.00560. The molecule has 7 heteroatoms. The quantitative estimate of drug-likeness (QED) is 0.439. The number of rotatable bonds is 3. The number of fused-ring (bicyclic) bond motifs is 5. The van der Waals surface area contributed by atoms with E-state index in [0.717, 1.165) is 40.6 Å². The van der Waals surface area contributed by atoms with Gasteiger partial charge in [0.05, 0.1) is 24.9 Å². The highest BCUT2D eigenvalue weighted by Gasteiger charge is 2.32. The van der Waals surface area contributed by atoms with Crippen LogP contribution in [0.2, 0.25) is 0 Å². The molecule has 0 N–H and O–H groups in total. The Morgan fingerprint density at radius 1 is 0.897 bits per heavy atom. The zero-order chi connectivity index (χ0) is 27.1. The third-order valence-electron chi connectivity index (χ3n) is 8.70. The lowest BCUT2D eigenvalue weighted by Gasteiger charge is -2.34. The molecule has 6 rings (SSSR count). The topological polar surface area (TPSA) is 71.8 Å². The molecule has 1 aromatic heterocycles. The molecular formula is C32H35N3O4. The molecular weight excluding hydrogens is 490 g/mol. The second kappa shape index (κ2) is 10.4. The lowest BCUT2D eigenvalue weighted by atomic mass is 9.81. The van der Waals surface area contributed by atoms with Crippen molar-refractivity contribution in [1.29, 1.82) is 0 Å².